The second-order valence-corrected chi connectivity index (χ2v) is 8.51. The SMILES string of the molecule is Cc1cc(-c2cc(C(=O)N(Cc3cccnc3)C[C@@H]3CCCO3)c3c(C)noc3n2)c(C)o1. The molecule has 0 spiro atoms. The predicted octanol–water partition coefficient (Wildman–Crippen LogP) is 4.62. The van der Waals surface area contributed by atoms with E-state index in [9.17, 15) is 4.79 Å². The number of furan rings is 1. The molecule has 5 heterocycles. The molecule has 0 aliphatic carbocycles. The van der Waals surface area contributed by atoms with E-state index in [0.717, 1.165) is 42.1 Å². The van der Waals surface area contributed by atoms with Crippen LogP contribution < -0.4 is 0 Å². The normalized spacial score (nSPS) is 15.9. The minimum atomic E-state index is -0.118. The zero-order valence-corrected chi connectivity index (χ0v) is 19.0. The summed E-state index contributed by atoms with van der Waals surface area (Å²) in [6, 6.07) is 7.58. The smallest absolute Gasteiger partial charge is 0.259 e. The number of carbonyl (C=O) groups is 1. The zero-order chi connectivity index (χ0) is 22.9. The lowest BCUT2D eigenvalue weighted by atomic mass is 10.0. The molecular weight excluding hydrogens is 420 g/mol. The van der Waals surface area contributed by atoms with E-state index in [1.165, 1.54) is 0 Å². The molecule has 1 aliphatic heterocycles. The number of carbonyl (C=O) groups excluding carboxylic acids is 1. The molecule has 0 saturated carbocycles. The number of hydrogen-bond acceptors (Lipinski definition) is 7. The Kier molecular flexibility index (Phi) is 5.68. The Morgan fingerprint density at radius 3 is 2.82 bits per heavy atom. The Morgan fingerprint density at radius 1 is 1.24 bits per heavy atom. The maximum absolute atomic E-state index is 14.0. The zero-order valence-electron chi connectivity index (χ0n) is 19.0. The van der Waals surface area contributed by atoms with Crippen LogP contribution in [0.3, 0.4) is 0 Å². The van der Waals surface area contributed by atoms with Crippen LogP contribution in [0.15, 0.2) is 45.6 Å². The molecule has 33 heavy (non-hydrogen) atoms. The number of nitrogens with zero attached hydrogens (tertiary/aromatic N) is 4. The van der Waals surface area contributed by atoms with Gasteiger partial charge in [0.05, 0.1) is 28.4 Å². The average molecular weight is 447 g/mol. The third kappa shape index (κ3) is 4.26. The molecule has 0 unspecified atom stereocenters. The molecule has 0 aromatic carbocycles. The largest absolute Gasteiger partial charge is 0.466 e. The molecule has 1 aliphatic rings. The van der Waals surface area contributed by atoms with Gasteiger partial charge in [0.25, 0.3) is 11.6 Å². The number of aryl methyl sites for hydroxylation is 3. The fraction of sp³-hybridized carbons (Fsp3) is 0.360. The molecule has 1 saturated heterocycles. The molecule has 0 radical (unpaired) electrons. The highest BCUT2D eigenvalue weighted by Gasteiger charge is 2.28. The molecule has 4 aromatic rings. The summed E-state index contributed by atoms with van der Waals surface area (Å²) in [5.74, 6) is 1.40. The minimum Gasteiger partial charge on any atom is -0.466 e. The number of ether oxygens (including phenoxy) is 1. The molecule has 0 bridgehead atoms. The van der Waals surface area contributed by atoms with Crippen molar-refractivity contribution in [3.8, 4) is 11.3 Å². The number of pyridine rings is 2. The number of hydrogen-bond donors (Lipinski definition) is 0. The van der Waals surface area contributed by atoms with Gasteiger partial charge in [0.2, 0.25) is 0 Å². The fourth-order valence-electron chi connectivity index (χ4n) is 4.42. The first-order valence-corrected chi connectivity index (χ1v) is 11.1. The van der Waals surface area contributed by atoms with Gasteiger partial charge in [-0.1, -0.05) is 11.2 Å². The predicted molar refractivity (Wildman–Crippen MR) is 122 cm³/mol. The van der Waals surface area contributed by atoms with Gasteiger partial charge in [-0.3, -0.25) is 9.78 Å². The molecule has 5 rings (SSSR count). The van der Waals surface area contributed by atoms with Gasteiger partial charge in [-0.25, -0.2) is 4.98 Å². The molecule has 8 nitrogen and oxygen atoms in total. The minimum absolute atomic E-state index is 0.0183. The number of fused-ring (bicyclic) bond motifs is 1. The van der Waals surface area contributed by atoms with Crippen LogP contribution in [0, 0.1) is 20.8 Å². The number of amides is 1. The summed E-state index contributed by atoms with van der Waals surface area (Å²) in [4.78, 5) is 24.7. The Bertz CT molecular complexity index is 1290. The third-order valence-electron chi connectivity index (χ3n) is 6.00. The van der Waals surface area contributed by atoms with Gasteiger partial charge >= 0.3 is 0 Å². The van der Waals surface area contributed by atoms with Crippen LogP contribution >= 0.6 is 0 Å². The monoisotopic (exact) mass is 446 g/mol. The van der Waals surface area contributed by atoms with Gasteiger partial charge in [0.1, 0.15) is 11.5 Å². The van der Waals surface area contributed by atoms with E-state index in [-0.39, 0.29) is 12.0 Å². The van der Waals surface area contributed by atoms with Crippen molar-refractivity contribution >= 4 is 17.0 Å². The van der Waals surface area contributed by atoms with Crippen molar-refractivity contribution in [2.45, 2.75) is 46.3 Å². The maximum Gasteiger partial charge on any atom is 0.259 e. The molecule has 4 aromatic heterocycles. The van der Waals surface area contributed by atoms with E-state index in [1.54, 1.807) is 12.4 Å². The molecular formula is C25H26N4O4. The van der Waals surface area contributed by atoms with Crippen molar-refractivity contribution in [2.24, 2.45) is 0 Å². The van der Waals surface area contributed by atoms with Gasteiger partial charge < -0.3 is 18.6 Å². The van der Waals surface area contributed by atoms with Crippen molar-refractivity contribution in [3.63, 3.8) is 0 Å². The molecule has 1 atom stereocenters. The van der Waals surface area contributed by atoms with E-state index in [4.69, 9.17) is 13.7 Å². The van der Waals surface area contributed by atoms with E-state index < -0.39 is 0 Å². The molecule has 8 heteroatoms. The van der Waals surface area contributed by atoms with Crippen LogP contribution in [0.2, 0.25) is 0 Å². The van der Waals surface area contributed by atoms with Crippen molar-refractivity contribution < 1.29 is 18.5 Å². The fourth-order valence-corrected chi connectivity index (χ4v) is 4.42. The second-order valence-electron chi connectivity index (χ2n) is 8.51. The summed E-state index contributed by atoms with van der Waals surface area (Å²) in [5, 5.41) is 4.71. The Hall–Kier alpha value is -3.52. The first-order valence-electron chi connectivity index (χ1n) is 11.1. The van der Waals surface area contributed by atoms with Gasteiger partial charge in [-0.05, 0) is 57.4 Å². The van der Waals surface area contributed by atoms with Gasteiger partial charge in [0, 0.05) is 37.7 Å². The third-order valence-corrected chi connectivity index (χ3v) is 6.00. The van der Waals surface area contributed by atoms with E-state index in [0.29, 0.717) is 41.1 Å². The van der Waals surface area contributed by atoms with Crippen LogP contribution in [0.1, 0.15) is 46.0 Å². The van der Waals surface area contributed by atoms with Gasteiger partial charge in [-0.2, -0.15) is 0 Å². The Labute approximate surface area is 191 Å². The molecule has 170 valence electrons. The van der Waals surface area contributed by atoms with Crippen LogP contribution in [0.5, 0.6) is 0 Å². The topological polar surface area (TPSA) is 94.5 Å². The highest BCUT2D eigenvalue weighted by molar-refractivity contribution is 6.07. The summed E-state index contributed by atoms with van der Waals surface area (Å²) >= 11 is 0. The van der Waals surface area contributed by atoms with E-state index in [2.05, 4.69) is 15.1 Å². The maximum atomic E-state index is 14.0. The summed E-state index contributed by atoms with van der Waals surface area (Å²) < 4.78 is 17.0. The summed E-state index contributed by atoms with van der Waals surface area (Å²) in [7, 11) is 0. The Morgan fingerprint density at radius 2 is 2.12 bits per heavy atom. The number of aromatic nitrogens is 3. The summed E-state index contributed by atoms with van der Waals surface area (Å²) in [5.41, 5.74) is 3.88. The summed E-state index contributed by atoms with van der Waals surface area (Å²) in [6.07, 6.45) is 5.47. The molecule has 1 amide bonds. The Balaban J connectivity index is 1.59. The first kappa shape index (κ1) is 21.3. The van der Waals surface area contributed by atoms with Crippen LogP contribution in [0.25, 0.3) is 22.4 Å². The summed E-state index contributed by atoms with van der Waals surface area (Å²) in [6.45, 7) is 7.25. The van der Waals surface area contributed by atoms with Gasteiger partial charge in [0.15, 0.2) is 0 Å². The lowest BCUT2D eigenvalue weighted by molar-refractivity contribution is 0.0508. The lowest BCUT2D eigenvalue weighted by Crippen LogP contribution is -2.37. The highest BCUT2D eigenvalue weighted by Crippen LogP contribution is 2.31. The van der Waals surface area contributed by atoms with Crippen LogP contribution in [-0.4, -0.2) is 45.2 Å². The van der Waals surface area contributed by atoms with Crippen molar-refractivity contribution in [3.05, 3.63) is 65.0 Å². The van der Waals surface area contributed by atoms with Crippen LogP contribution in [0.4, 0.5) is 0 Å². The molecule has 1 fully saturated rings. The van der Waals surface area contributed by atoms with Crippen molar-refractivity contribution in [1.29, 1.82) is 0 Å². The van der Waals surface area contributed by atoms with Crippen LogP contribution in [-0.2, 0) is 11.3 Å². The van der Waals surface area contributed by atoms with E-state index in [1.807, 2.05) is 49.9 Å². The quantitative estimate of drug-likeness (QED) is 0.426. The average Bonchev–Trinajstić information content (AvgIpc) is 3.54. The van der Waals surface area contributed by atoms with Gasteiger partial charge in [-0.15, -0.1) is 0 Å². The van der Waals surface area contributed by atoms with Crippen molar-refractivity contribution in [2.75, 3.05) is 13.2 Å². The first-order chi connectivity index (χ1) is 16.0. The second kappa shape index (κ2) is 8.78. The standard InChI is InChI=1S/C25H26N4O4/c1-15-10-20(17(3)32-15)22-11-21(23-16(2)28-33-24(23)27-22)25(30)29(14-19-7-5-9-31-19)13-18-6-4-8-26-12-18/h4,6,8,10-12,19H,5,7,9,13-14H2,1-3H3/t19-/m0/s1. The highest BCUT2D eigenvalue weighted by atomic mass is 16.5. The number of rotatable bonds is 6. The molecule has 0 N–H and O–H groups in total. The van der Waals surface area contributed by atoms with Crippen molar-refractivity contribution in [1.82, 2.24) is 20.0 Å². The van der Waals surface area contributed by atoms with E-state index >= 15 is 0 Å². The lowest BCUT2D eigenvalue weighted by Gasteiger charge is -2.26.